The third-order valence-electron chi connectivity index (χ3n) is 2.54. The van der Waals surface area contributed by atoms with E-state index >= 15 is 0 Å². The predicted octanol–water partition coefficient (Wildman–Crippen LogP) is 2.62. The molecule has 1 aromatic heterocycles. The van der Waals surface area contributed by atoms with Crippen LogP contribution in [-0.2, 0) is 11.3 Å². The SMILES string of the molecule is CCCn1c(=O)oc2cc(/C=C/OC)ccc21. The van der Waals surface area contributed by atoms with Crippen LogP contribution in [0.3, 0.4) is 0 Å². The molecule has 0 spiro atoms. The summed E-state index contributed by atoms with van der Waals surface area (Å²) in [6.45, 7) is 2.71. The van der Waals surface area contributed by atoms with Crippen molar-refractivity contribution in [1.29, 1.82) is 0 Å². The Bertz CT molecular complexity index is 592. The standard InChI is InChI=1S/C13H15NO3/c1-3-7-14-11-5-4-10(6-8-16-2)9-12(11)17-13(14)15/h4-6,8-9H,3,7H2,1-2H3/b8-6+. The minimum Gasteiger partial charge on any atom is -0.504 e. The molecular weight excluding hydrogens is 218 g/mol. The molecule has 0 unspecified atom stereocenters. The molecule has 0 atom stereocenters. The molecule has 0 radical (unpaired) electrons. The van der Waals surface area contributed by atoms with Crippen molar-refractivity contribution in [2.24, 2.45) is 0 Å². The van der Waals surface area contributed by atoms with E-state index in [4.69, 9.17) is 9.15 Å². The van der Waals surface area contributed by atoms with Crippen LogP contribution in [-0.4, -0.2) is 11.7 Å². The third-order valence-corrected chi connectivity index (χ3v) is 2.54. The van der Waals surface area contributed by atoms with Gasteiger partial charge in [-0.25, -0.2) is 4.79 Å². The Morgan fingerprint density at radius 1 is 1.47 bits per heavy atom. The second kappa shape index (κ2) is 4.91. The first-order valence-electron chi connectivity index (χ1n) is 5.59. The Kier molecular flexibility index (Phi) is 3.32. The highest BCUT2D eigenvalue weighted by Gasteiger charge is 2.07. The van der Waals surface area contributed by atoms with Crippen LogP contribution in [0.15, 0.2) is 33.7 Å². The molecular formula is C13H15NO3. The molecule has 2 rings (SSSR count). The number of hydrogen-bond acceptors (Lipinski definition) is 3. The summed E-state index contributed by atoms with van der Waals surface area (Å²) in [5.74, 6) is -0.297. The van der Waals surface area contributed by atoms with Crippen LogP contribution in [0.2, 0.25) is 0 Å². The van der Waals surface area contributed by atoms with Gasteiger partial charge in [-0.1, -0.05) is 13.0 Å². The molecule has 2 aromatic rings. The van der Waals surface area contributed by atoms with Crippen LogP contribution in [0, 0.1) is 0 Å². The first-order valence-corrected chi connectivity index (χ1v) is 5.59. The molecule has 4 nitrogen and oxygen atoms in total. The Morgan fingerprint density at radius 3 is 3.00 bits per heavy atom. The first-order chi connectivity index (χ1) is 8.26. The van der Waals surface area contributed by atoms with Crippen LogP contribution in [0.5, 0.6) is 0 Å². The molecule has 0 amide bonds. The second-order valence-corrected chi connectivity index (χ2v) is 3.79. The molecule has 17 heavy (non-hydrogen) atoms. The number of methoxy groups -OCH3 is 1. The molecule has 0 fully saturated rings. The van der Waals surface area contributed by atoms with Gasteiger partial charge in [-0.2, -0.15) is 0 Å². The molecule has 4 heteroatoms. The summed E-state index contributed by atoms with van der Waals surface area (Å²) in [6, 6.07) is 5.66. The highest BCUT2D eigenvalue weighted by atomic mass is 16.5. The van der Waals surface area contributed by atoms with Gasteiger partial charge in [0, 0.05) is 6.54 Å². The van der Waals surface area contributed by atoms with Gasteiger partial charge in [0.1, 0.15) is 0 Å². The fraction of sp³-hybridized carbons (Fsp3) is 0.308. The normalized spacial score (nSPS) is 11.4. The van der Waals surface area contributed by atoms with E-state index in [1.807, 2.05) is 31.2 Å². The van der Waals surface area contributed by atoms with E-state index in [1.165, 1.54) is 0 Å². The minimum absolute atomic E-state index is 0.297. The van der Waals surface area contributed by atoms with Crippen LogP contribution in [0.25, 0.3) is 17.2 Å². The van der Waals surface area contributed by atoms with Crippen molar-refractivity contribution in [1.82, 2.24) is 4.57 Å². The quantitative estimate of drug-likeness (QED) is 0.762. The lowest BCUT2D eigenvalue weighted by molar-refractivity contribution is 0.341. The lowest BCUT2D eigenvalue weighted by Crippen LogP contribution is -2.13. The highest BCUT2D eigenvalue weighted by Crippen LogP contribution is 2.16. The number of nitrogens with zero attached hydrogens (tertiary/aromatic N) is 1. The highest BCUT2D eigenvalue weighted by molar-refractivity contribution is 5.76. The Morgan fingerprint density at radius 2 is 2.29 bits per heavy atom. The monoisotopic (exact) mass is 233 g/mol. The first kappa shape index (κ1) is 11.5. The van der Waals surface area contributed by atoms with Gasteiger partial charge in [0.2, 0.25) is 0 Å². The van der Waals surface area contributed by atoms with Crippen molar-refractivity contribution >= 4 is 17.2 Å². The lowest BCUT2D eigenvalue weighted by atomic mass is 10.2. The molecule has 0 N–H and O–H groups in total. The van der Waals surface area contributed by atoms with E-state index in [-0.39, 0.29) is 5.76 Å². The number of rotatable bonds is 4. The number of aryl methyl sites for hydroxylation is 1. The zero-order chi connectivity index (χ0) is 12.3. The number of ether oxygens (including phenoxy) is 1. The van der Waals surface area contributed by atoms with E-state index in [0.717, 1.165) is 17.5 Å². The zero-order valence-electron chi connectivity index (χ0n) is 9.97. The number of benzene rings is 1. The van der Waals surface area contributed by atoms with Gasteiger partial charge in [0.05, 0.1) is 18.9 Å². The predicted molar refractivity (Wildman–Crippen MR) is 66.8 cm³/mol. The van der Waals surface area contributed by atoms with Crippen molar-refractivity contribution in [2.75, 3.05) is 7.11 Å². The molecule has 1 aromatic carbocycles. The zero-order valence-corrected chi connectivity index (χ0v) is 9.97. The largest absolute Gasteiger partial charge is 0.504 e. The summed E-state index contributed by atoms with van der Waals surface area (Å²) >= 11 is 0. The maximum atomic E-state index is 11.6. The summed E-state index contributed by atoms with van der Waals surface area (Å²) < 4.78 is 11.7. The molecule has 0 aliphatic heterocycles. The van der Waals surface area contributed by atoms with Crippen molar-refractivity contribution < 1.29 is 9.15 Å². The number of aromatic nitrogens is 1. The van der Waals surface area contributed by atoms with Crippen LogP contribution in [0.4, 0.5) is 0 Å². The van der Waals surface area contributed by atoms with E-state index in [2.05, 4.69) is 0 Å². The van der Waals surface area contributed by atoms with Crippen LogP contribution >= 0.6 is 0 Å². The summed E-state index contributed by atoms with van der Waals surface area (Å²) in [6.07, 6.45) is 4.30. The fourth-order valence-electron chi connectivity index (χ4n) is 1.77. The smallest absolute Gasteiger partial charge is 0.419 e. The summed E-state index contributed by atoms with van der Waals surface area (Å²) in [7, 11) is 1.59. The van der Waals surface area contributed by atoms with Gasteiger partial charge in [0.15, 0.2) is 5.58 Å². The maximum absolute atomic E-state index is 11.6. The van der Waals surface area contributed by atoms with Crippen LogP contribution < -0.4 is 5.76 Å². The van der Waals surface area contributed by atoms with Gasteiger partial charge in [-0.15, -0.1) is 0 Å². The molecule has 0 aliphatic rings. The van der Waals surface area contributed by atoms with Crippen LogP contribution in [0.1, 0.15) is 18.9 Å². The van der Waals surface area contributed by atoms with E-state index in [9.17, 15) is 4.79 Å². The van der Waals surface area contributed by atoms with Gasteiger partial charge in [-0.3, -0.25) is 4.57 Å². The molecule has 1 heterocycles. The average molecular weight is 233 g/mol. The number of hydrogen-bond donors (Lipinski definition) is 0. The van der Waals surface area contributed by atoms with Crippen molar-refractivity contribution in [3.8, 4) is 0 Å². The van der Waals surface area contributed by atoms with Crippen molar-refractivity contribution in [2.45, 2.75) is 19.9 Å². The second-order valence-electron chi connectivity index (χ2n) is 3.79. The Hall–Kier alpha value is -1.97. The topological polar surface area (TPSA) is 44.4 Å². The van der Waals surface area contributed by atoms with Gasteiger partial charge in [0.25, 0.3) is 0 Å². The van der Waals surface area contributed by atoms with Gasteiger partial charge >= 0.3 is 5.76 Å². The number of oxazole rings is 1. The fourth-order valence-corrected chi connectivity index (χ4v) is 1.77. The average Bonchev–Trinajstić information content (AvgIpc) is 2.63. The van der Waals surface area contributed by atoms with E-state index in [0.29, 0.717) is 12.1 Å². The van der Waals surface area contributed by atoms with Crippen molar-refractivity contribution in [3.63, 3.8) is 0 Å². The molecule has 0 saturated heterocycles. The minimum atomic E-state index is -0.297. The lowest BCUT2D eigenvalue weighted by Gasteiger charge is -1.98. The molecule has 0 saturated carbocycles. The van der Waals surface area contributed by atoms with E-state index < -0.39 is 0 Å². The summed E-state index contributed by atoms with van der Waals surface area (Å²) in [4.78, 5) is 11.6. The number of fused-ring (bicyclic) bond motifs is 1. The maximum Gasteiger partial charge on any atom is 0.419 e. The van der Waals surface area contributed by atoms with Crippen molar-refractivity contribution in [3.05, 3.63) is 40.6 Å². The summed E-state index contributed by atoms with van der Waals surface area (Å²) in [5.41, 5.74) is 2.39. The molecule has 0 bridgehead atoms. The van der Waals surface area contributed by atoms with Gasteiger partial charge < -0.3 is 9.15 Å². The Labute approximate surface area is 99.1 Å². The third kappa shape index (κ3) is 2.25. The molecule has 90 valence electrons. The summed E-state index contributed by atoms with van der Waals surface area (Å²) in [5, 5.41) is 0. The molecule has 0 aliphatic carbocycles. The Balaban J connectivity index is 2.50. The van der Waals surface area contributed by atoms with Gasteiger partial charge in [-0.05, 0) is 30.2 Å². The van der Waals surface area contributed by atoms with E-state index in [1.54, 1.807) is 17.9 Å².